The van der Waals surface area contributed by atoms with Crippen molar-refractivity contribution < 1.29 is 9.59 Å². The summed E-state index contributed by atoms with van der Waals surface area (Å²) in [5, 5.41) is 2.68. The number of carbonyl (C=O) groups excluding carboxylic acids is 2. The zero-order valence-corrected chi connectivity index (χ0v) is 7.99. The zero-order chi connectivity index (χ0) is 11.4. The summed E-state index contributed by atoms with van der Waals surface area (Å²) in [7, 11) is 0. The van der Waals surface area contributed by atoms with Crippen LogP contribution in [0.4, 0.5) is 11.4 Å². The maximum Gasteiger partial charge on any atom is 0.250 e. The molecule has 0 fully saturated rings. The van der Waals surface area contributed by atoms with E-state index in [1.165, 1.54) is 12.1 Å². The van der Waals surface area contributed by atoms with Gasteiger partial charge in [-0.3, -0.25) is 9.59 Å². The molecule has 0 heterocycles. The molecular weight excluding hydrogens is 196 g/mol. The topological polar surface area (TPSA) is 124 Å². The Morgan fingerprint density at radius 1 is 1.27 bits per heavy atom. The SMILES string of the molecule is NC(=O)CNc1cc(N)ccc1C(N)=O. The molecule has 0 aliphatic rings. The third kappa shape index (κ3) is 2.87. The van der Waals surface area contributed by atoms with E-state index in [9.17, 15) is 9.59 Å². The Morgan fingerprint density at radius 2 is 1.93 bits per heavy atom. The first-order valence-corrected chi connectivity index (χ1v) is 4.22. The zero-order valence-electron chi connectivity index (χ0n) is 7.99. The van der Waals surface area contributed by atoms with Crippen LogP contribution in [0.3, 0.4) is 0 Å². The number of hydrogen-bond donors (Lipinski definition) is 4. The molecule has 1 aromatic carbocycles. The summed E-state index contributed by atoms with van der Waals surface area (Å²) < 4.78 is 0. The van der Waals surface area contributed by atoms with Gasteiger partial charge in [0.05, 0.1) is 12.1 Å². The smallest absolute Gasteiger partial charge is 0.250 e. The molecule has 0 saturated heterocycles. The molecule has 0 aliphatic carbocycles. The van der Waals surface area contributed by atoms with Gasteiger partial charge in [-0.1, -0.05) is 0 Å². The van der Waals surface area contributed by atoms with E-state index >= 15 is 0 Å². The molecule has 0 saturated carbocycles. The maximum absolute atomic E-state index is 11.0. The number of rotatable bonds is 4. The van der Waals surface area contributed by atoms with Crippen LogP contribution in [0.5, 0.6) is 0 Å². The molecule has 0 spiro atoms. The highest BCUT2D eigenvalue weighted by molar-refractivity contribution is 5.99. The second kappa shape index (κ2) is 4.32. The summed E-state index contributed by atoms with van der Waals surface area (Å²) in [6.07, 6.45) is 0. The molecule has 2 amide bonds. The van der Waals surface area contributed by atoms with Gasteiger partial charge in [0.2, 0.25) is 5.91 Å². The number of amides is 2. The lowest BCUT2D eigenvalue weighted by molar-refractivity contribution is -0.116. The van der Waals surface area contributed by atoms with Crippen LogP contribution in [0.1, 0.15) is 10.4 Å². The van der Waals surface area contributed by atoms with Gasteiger partial charge in [0.15, 0.2) is 0 Å². The monoisotopic (exact) mass is 208 g/mol. The summed E-state index contributed by atoms with van der Waals surface area (Å²) in [5.41, 5.74) is 16.8. The molecule has 0 atom stereocenters. The lowest BCUT2D eigenvalue weighted by Crippen LogP contribution is -2.23. The average Bonchev–Trinajstić information content (AvgIpc) is 2.14. The minimum absolute atomic E-state index is 0.0796. The molecule has 6 nitrogen and oxygen atoms in total. The highest BCUT2D eigenvalue weighted by Gasteiger charge is 2.08. The lowest BCUT2D eigenvalue weighted by Gasteiger charge is -2.09. The van der Waals surface area contributed by atoms with E-state index in [1.54, 1.807) is 6.07 Å². The van der Waals surface area contributed by atoms with Gasteiger partial charge in [-0.05, 0) is 18.2 Å². The van der Waals surface area contributed by atoms with E-state index in [0.29, 0.717) is 11.4 Å². The molecule has 1 aromatic rings. The van der Waals surface area contributed by atoms with Gasteiger partial charge in [0.1, 0.15) is 0 Å². The van der Waals surface area contributed by atoms with E-state index < -0.39 is 11.8 Å². The largest absolute Gasteiger partial charge is 0.399 e. The molecule has 0 unspecified atom stereocenters. The van der Waals surface area contributed by atoms with Crippen LogP contribution in [0.2, 0.25) is 0 Å². The molecule has 7 N–H and O–H groups in total. The molecule has 0 aliphatic heterocycles. The molecule has 15 heavy (non-hydrogen) atoms. The van der Waals surface area contributed by atoms with Crippen molar-refractivity contribution in [2.24, 2.45) is 11.5 Å². The molecule has 1 rings (SSSR count). The molecule has 0 radical (unpaired) electrons. The Hall–Kier alpha value is -2.24. The van der Waals surface area contributed by atoms with E-state index in [2.05, 4.69) is 5.32 Å². The molecule has 6 heteroatoms. The second-order valence-electron chi connectivity index (χ2n) is 2.99. The quantitative estimate of drug-likeness (QED) is 0.486. The molecule has 0 aromatic heterocycles. The predicted molar refractivity (Wildman–Crippen MR) is 57.1 cm³/mol. The minimum Gasteiger partial charge on any atom is -0.399 e. The Bertz CT molecular complexity index is 403. The Balaban J connectivity index is 2.96. The van der Waals surface area contributed by atoms with Crippen LogP contribution in [-0.2, 0) is 4.79 Å². The fraction of sp³-hybridized carbons (Fsp3) is 0.111. The average molecular weight is 208 g/mol. The van der Waals surface area contributed by atoms with E-state index in [-0.39, 0.29) is 12.1 Å². The van der Waals surface area contributed by atoms with Crippen LogP contribution < -0.4 is 22.5 Å². The first-order valence-electron chi connectivity index (χ1n) is 4.22. The number of nitrogen functional groups attached to an aromatic ring is 1. The molecule has 0 bridgehead atoms. The third-order valence-electron chi connectivity index (χ3n) is 1.76. The van der Waals surface area contributed by atoms with Gasteiger partial charge in [0, 0.05) is 11.4 Å². The Kier molecular flexibility index (Phi) is 3.12. The fourth-order valence-corrected chi connectivity index (χ4v) is 1.11. The van der Waals surface area contributed by atoms with Crippen molar-refractivity contribution in [3.8, 4) is 0 Å². The van der Waals surface area contributed by atoms with Crippen molar-refractivity contribution in [3.63, 3.8) is 0 Å². The summed E-state index contributed by atoms with van der Waals surface area (Å²) in [4.78, 5) is 21.6. The van der Waals surface area contributed by atoms with Crippen molar-refractivity contribution in [2.75, 3.05) is 17.6 Å². The Morgan fingerprint density at radius 3 is 2.47 bits per heavy atom. The van der Waals surface area contributed by atoms with E-state index in [0.717, 1.165) is 0 Å². The van der Waals surface area contributed by atoms with Crippen LogP contribution >= 0.6 is 0 Å². The van der Waals surface area contributed by atoms with Crippen LogP contribution in [0.15, 0.2) is 18.2 Å². The maximum atomic E-state index is 11.0. The normalized spacial score (nSPS) is 9.60. The van der Waals surface area contributed by atoms with Gasteiger partial charge < -0.3 is 22.5 Å². The van der Waals surface area contributed by atoms with E-state index in [4.69, 9.17) is 17.2 Å². The summed E-state index contributed by atoms with van der Waals surface area (Å²) >= 11 is 0. The predicted octanol–water partition coefficient (Wildman–Crippen LogP) is -0.735. The number of nitrogens with two attached hydrogens (primary N) is 3. The Labute approximate surface area is 86.4 Å². The van der Waals surface area contributed by atoms with Crippen LogP contribution in [0.25, 0.3) is 0 Å². The van der Waals surface area contributed by atoms with Crippen molar-refractivity contribution in [2.45, 2.75) is 0 Å². The summed E-state index contributed by atoms with van der Waals surface area (Å²) in [6, 6.07) is 4.56. The van der Waals surface area contributed by atoms with Gasteiger partial charge in [-0.25, -0.2) is 0 Å². The van der Waals surface area contributed by atoms with Crippen LogP contribution in [0, 0.1) is 0 Å². The van der Waals surface area contributed by atoms with Gasteiger partial charge >= 0.3 is 0 Å². The number of carbonyl (C=O) groups is 2. The second-order valence-corrected chi connectivity index (χ2v) is 2.99. The first kappa shape index (κ1) is 10.8. The molecule has 80 valence electrons. The minimum atomic E-state index is -0.595. The van der Waals surface area contributed by atoms with Crippen LogP contribution in [-0.4, -0.2) is 18.4 Å². The number of primary amides is 2. The van der Waals surface area contributed by atoms with Gasteiger partial charge in [-0.2, -0.15) is 0 Å². The standard InChI is InChI=1S/C9H12N4O2/c10-5-1-2-6(9(12)15)7(3-5)13-4-8(11)14/h1-3,13H,4,10H2,(H2,11,14)(H2,12,15). The van der Waals surface area contributed by atoms with E-state index in [1.807, 2.05) is 0 Å². The van der Waals surface area contributed by atoms with Crippen molar-refractivity contribution >= 4 is 23.2 Å². The first-order chi connectivity index (χ1) is 7.00. The number of nitrogens with one attached hydrogen (secondary N) is 1. The fourth-order valence-electron chi connectivity index (χ4n) is 1.11. The third-order valence-corrected chi connectivity index (χ3v) is 1.76. The summed E-state index contributed by atoms with van der Waals surface area (Å²) in [6.45, 7) is -0.0796. The van der Waals surface area contributed by atoms with Gasteiger partial charge in [0.25, 0.3) is 5.91 Å². The number of hydrogen-bond acceptors (Lipinski definition) is 4. The highest BCUT2D eigenvalue weighted by Crippen LogP contribution is 2.18. The summed E-state index contributed by atoms with van der Waals surface area (Å²) in [5.74, 6) is -1.13. The van der Waals surface area contributed by atoms with Crippen molar-refractivity contribution in [1.82, 2.24) is 0 Å². The van der Waals surface area contributed by atoms with Gasteiger partial charge in [-0.15, -0.1) is 0 Å². The lowest BCUT2D eigenvalue weighted by atomic mass is 10.1. The van der Waals surface area contributed by atoms with Crippen molar-refractivity contribution in [3.05, 3.63) is 23.8 Å². The highest BCUT2D eigenvalue weighted by atomic mass is 16.1. The van der Waals surface area contributed by atoms with Crippen molar-refractivity contribution in [1.29, 1.82) is 0 Å². The molecular formula is C9H12N4O2. The number of benzene rings is 1. The number of anilines is 2.